The van der Waals surface area contributed by atoms with E-state index < -0.39 is 39.6 Å². The molecule has 1 heterocycles. The van der Waals surface area contributed by atoms with Gasteiger partial charge in [0.1, 0.15) is 6.29 Å². The van der Waals surface area contributed by atoms with Crippen LogP contribution in [0.3, 0.4) is 0 Å². The van der Waals surface area contributed by atoms with Crippen LogP contribution in [0.15, 0.2) is 17.1 Å². The highest BCUT2D eigenvalue weighted by Gasteiger charge is 2.18. The molecule has 0 bridgehead atoms. The molecule has 0 saturated heterocycles. The minimum Gasteiger partial charge on any atom is -0.503 e. The molecule has 20 heavy (non-hydrogen) atoms. The smallest absolute Gasteiger partial charge is 0.469 e. The Morgan fingerprint density at radius 1 is 1.20 bits per heavy atom. The zero-order valence-corrected chi connectivity index (χ0v) is 11.8. The van der Waals surface area contributed by atoms with Gasteiger partial charge in [-0.15, -0.1) is 0 Å². The SMILES string of the molecule is O=c1c(O)c(CCOP(=O)(O)O)ccn1CP(=O)(O)O. The summed E-state index contributed by atoms with van der Waals surface area (Å²) in [7, 11) is -9.10. The maximum atomic E-state index is 11.6. The van der Waals surface area contributed by atoms with Crippen molar-refractivity contribution < 1.29 is 38.3 Å². The van der Waals surface area contributed by atoms with E-state index in [4.69, 9.17) is 19.6 Å². The molecule has 0 aliphatic carbocycles. The predicted octanol–water partition coefficient (Wildman–Crippen LogP) is -0.659. The van der Waals surface area contributed by atoms with Crippen molar-refractivity contribution in [1.29, 1.82) is 0 Å². The summed E-state index contributed by atoms with van der Waals surface area (Å²) in [4.78, 5) is 46.0. The van der Waals surface area contributed by atoms with Gasteiger partial charge in [-0.25, -0.2) is 4.57 Å². The number of phosphoric ester groups is 1. The van der Waals surface area contributed by atoms with Gasteiger partial charge in [0, 0.05) is 18.2 Å². The van der Waals surface area contributed by atoms with Crippen molar-refractivity contribution >= 4 is 15.4 Å². The van der Waals surface area contributed by atoms with Gasteiger partial charge in [0.25, 0.3) is 5.56 Å². The fraction of sp³-hybridized carbons (Fsp3) is 0.375. The van der Waals surface area contributed by atoms with E-state index in [-0.39, 0.29) is 12.0 Å². The van der Waals surface area contributed by atoms with E-state index in [2.05, 4.69) is 4.52 Å². The monoisotopic (exact) mass is 329 g/mol. The summed E-state index contributed by atoms with van der Waals surface area (Å²) in [5, 5.41) is 9.57. The first-order valence-corrected chi connectivity index (χ1v) is 8.48. The maximum Gasteiger partial charge on any atom is 0.469 e. The van der Waals surface area contributed by atoms with E-state index in [1.807, 2.05) is 0 Å². The Kier molecular flexibility index (Phi) is 5.28. The van der Waals surface area contributed by atoms with Crippen LogP contribution in [0.4, 0.5) is 0 Å². The second-order valence-electron chi connectivity index (χ2n) is 3.84. The van der Waals surface area contributed by atoms with Gasteiger partial charge >= 0.3 is 15.4 Å². The summed E-state index contributed by atoms with van der Waals surface area (Å²) in [5.74, 6) is -0.754. The predicted molar refractivity (Wildman–Crippen MR) is 66.1 cm³/mol. The van der Waals surface area contributed by atoms with E-state index in [1.165, 1.54) is 6.07 Å². The molecule has 1 aromatic rings. The molecule has 0 unspecified atom stereocenters. The number of hydrogen-bond acceptors (Lipinski definition) is 5. The van der Waals surface area contributed by atoms with Crippen LogP contribution in [0.25, 0.3) is 0 Å². The van der Waals surface area contributed by atoms with Crippen molar-refractivity contribution in [3.63, 3.8) is 0 Å². The first-order valence-electron chi connectivity index (χ1n) is 5.15. The molecule has 10 nitrogen and oxygen atoms in total. The average molecular weight is 329 g/mol. The molecule has 5 N–H and O–H groups in total. The van der Waals surface area contributed by atoms with Crippen molar-refractivity contribution in [2.45, 2.75) is 12.7 Å². The van der Waals surface area contributed by atoms with E-state index >= 15 is 0 Å². The minimum absolute atomic E-state index is 0.0467. The first-order chi connectivity index (χ1) is 8.99. The highest BCUT2D eigenvalue weighted by Crippen LogP contribution is 2.37. The molecule has 12 heteroatoms. The highest BCUT2D eigenvalue weighted by molar-refractivity contribution is 7.50. The number of pyridine rings is 1. The second-order valence-corrected chi connectivity index (χ2v) is 6.70. The molecule has 1 aromatic heterocycles. The van der Waals surface area contributed by atoms with Gasteiger partial charge in [-0.05, 0) is 6.07 Å². The number of rotatable bonds is 6. The molecule has 0 amide bonds. The first kappa shape index (κ1) is 17.1. The van der Waals surface area contributed by atoms with Crippen LogP contribution in [0.2, 0.25) is 0 Å². The van der Waals surface area contributed by atoms with Crippen LogP contribution < -0.4 is 5.56 Å². The number of aromatic nitrogens is 1. The summed E-state index contributed by atoms with van der Waals surface area (Å²) >= 11 is 0. The number of nitrogens with zero attached hydrogens (tertiary/aromatic N) is 1. The molecule has 0 aliphatic heterocycles. The summed E-state index contributed by atoms with van der Waals surface area (Å²) < 4.78 is 26.0. The third-order valence-corrected chi connectivity index (χ3v) is 3.38. The van der Waals surface area contributed by atoms with Crippen molar-refractivity contribution in [3.8, 4) is 5.75 Å². The molecule has 0 radical (unpaired) electrons. The lowest BCUT2D eigenvalue weighted by molar-refractivity contribution is 0.198. The Morgan fingerprint density at radius 3 is 2.30 bits per heavy atom. The Balaban J connectivity index is 2.87. The molecule has 0 atom stereocenters. The Labute approximate surface area is 112 Å². The molecule has 114 valence electrons. The van der Waals surface area contributed by atoms with Crippen molar-refractivity contribution in [2.75, 3.05) is 6.61 Å². The molecule has 1 rings (SSSR count). The maximum absolute atomic E-state index is 11.6. The molecular weight excluding hydrogens is 316 g/mol. The molecule has 0 fully saturated rings. The largest absolute Gasteiger partial charge is 0.503 e. The van der Waals surface area contributed by atoms with Crippen LogP contribution in [0.5, 0.6) is 5.75 Å². The highest BCUT2D eigenvalue weighted by atomic mass is 31.2. The second kappa shape index (κ2) is 6.19. The minimum atomic E-state index is -4.64. The average Bonchev–Trinajstić information content (AvgIpc) is 2.25. The van der Waals surface area contributed by atoms with E-state index in [0.717, 1.165) is 6.20 Å². The third-order valence-electron chi connectivity index (χ3n) is 2.19. The summed E-state index contributed by atoms with van der Waals surface area (Å²) in [6.07, 6.45) is 0.0372. The summed E-state index contributed by atoms with van der Waals surface area (Å²) in [6, 6.07) is 1.20. The van der Waals surface area contributed by atoms with Gasteiger partial charge < -0.3 is 29.2 Å². The van der Waals surface area contributed by atoms with Gasteiger partial charge in [0.05, 0.1) is 6.61 Å². The van der Waals surface area contributed by atoms with Crippen LogP contribution in [-0.4, -0.2) is 35.9 Å². The van der Waals surface area contributed by atoms with Gasteiger partial charge in [-0.3, -0.25) is 13.9 Å². The molecule has 0 aliphatic rings. The summed E-state index contributed by atoms with van der Waals surface area (Å²) in [6.45, 7) is -0.431. The van der Waals surface area contributed by atoms with Crippen molar-refractivity contribution in [3.05, 3.63) is 28.2 Å². The zero-order chi connectivity index (χ0) is 15.6. The topological polar surface area (TPSA) is 167 Å². The lowest BCUT2D eigenvalue weighted by Gasteiger charge is -2.10. The van der Waals surface area contributed by atoms with Crippen LogP contribution in [-0.2, 0) is 26.4 Å². The van der Waals surface area contributed by atoms with Gasteiger partial charge in [0.2, 0.25) is 0 Å². The quantitative estimate of drug-likeness (QED) is 0.426. The fourth-order valence-electron chi connectivity index (χ4n) is 1.39. The normalized spacial score (nSPS) is 12.6. The zero-order valence-electron chi connectivity index (χ0n) is 9.99. The molecule has 0 spiro atoms. The fourth-order valence-corrected chi connectivity index (χ4v) is 2.33. The van der Waals surface area contributed by atoms with Gasteiger partial charge in [0.15, 0.2) is 5.75 Å². The van der Waals surface area contributed by atoms with Gasteiger partial charge in [-0.2, -0.15) is 0 Å². The third kappa shape index (κ3) is 5.56. The lowest BCUT2D eigenvalue weighted by atomic mass is 10.2. The lowest BCUT2D eigenvalue weighted by Crippen LogP contribution is -2.20. The standard InChI is InChI=1S/C8H13NO9P2/c10-7-6(2-4-18-20(15,16)17)1-3-9(8(7)11)5-19(12,13)14/h1,3,10H,2,4-5H2,(H2,12,13,14)(H2,15,16,17). The number of aromatic hydroxyl groups is 1. The van der Waals surface area contributed by atoms with E-state index in [0.29, 0.717) is 4.57 Å². The van der Waals surface area contributed by atoms with Crippen LogP contribution >= 0.6 is 15.4 Å². The van der Waals surface area contributed by atoms with Gasteiger partial charge in [-0.1, -0.05) is 0 Å². The molecular formula is C8H13NO9P2. The Morgan fingerprint density at radius 2 is 1.80 bits per heavy atom. The van der Waals surface area contributed by atoms with Crippen LogP contribution in [0.1, 0.15) is 5.56 Å². The number of hydrogen-bond donors (Lipinski definition) is 5. The van der Waals surface area contributed by atoms with E-state index in [9.17, 15) is 19.0 Å². The Hall–Kier alpha value is -0.990. The number of phosphoric acid groups is 1. The Bertz CT molecular complexity index is 627. The summed E-state index contributed by atoms with van der Waals surface area (Å²) in [5.41, 5.74) is -0.965. The van der Waals surface area contributed by atoms with E-state index in [1.54, 1.807) is 0 Å². The molecule has 0 aromatic carbocycles. The van der Waals surface area contributed by atoms with Crippen molar-refractivity contribution in [2.24, 2.45) is 0 Å². The van der Waals surface area contributed by atoms with Crippen molar-refractivity contribution in [1.82, 2.24) is 4.57 Å². The van der Waals surface area contributed by atoms with Crippen LogP contribution in [0, 0.1) is 0 Å². The molecule has 0 saturated carbocycles.